The van der Waals surface area contributed by atoms with Gasteiger partial charge < -0.3 is 14.7 Å². The number of alkyl halides is 3. The lowest BCUT2D eigenvalue weighted by molar-refractivity contribution is -0.137. The number of halogens is 3. The zero-order chi connectivity index (χ0) is 18.0. The maximum Gasteiger partial charge on any atom is 0.416 e. The maximum absolute atomic E-state index is 12.6. The number of hydrogen-bond acceptors (Lipinski definition) is 4. The molecule has 2 aromatic carbocycles. The topological polar surface area (TPSA) is 49.8 Å². The summed E-state index contributed by atoms with van der Waals surface area (Å²) in [4.78, 5) is 13.6. The van der Waals surface area contributed by atoms with Gasteiger partial charge in [-0.05, 0) is 35.9 Å². The van der Waals surface area contributed by atoms with Crippen molar-refractivity contribution in [2.24, 2.45) is 0 Å². The van der Waals surface area contributed by atoms with E-state index in [1.54, 1.807) is 18.2 Å². The predicted molar refractivity (Wildman–Crippen MR) is 85.8 cm³/mol. The molecule has 0 saturated heterocycles. The van der Waals surface area contributed by atoms with Crippen LogP contribution in [0.3, 0.4) is 0 Å². The molecule has 0 aromatic heterocycles. The van der Waals surface area contributed by atoms with Crippen molar-refractivity contribution in [3.05, 3.63) is 59.2 Å². The smallest absolute Gasteiger partial charge is 0.416 e. The third-order valence-electron chi connectivity index (χ3n) is 4.04. The molecule has 0 saturated carbocycles. The zero-order valence-corrected chi connectivity index (χ0v) is 13.2. The summed E-state index contributed by atoms with van der Waals surface area (Å²) >= 11 is 0. The molecule has 1 aliphatic heterocycles. The average Bonchev–Trinajstić information content (AvgIpc) is 2.60. The van der Waals surface area contributed by atoms with Crippen LogP contribution in [0.15, 0.2) is 42.5 Å². The van der Waals surface area contributed by atoms with E-state index >= 15 is 0 Å². The van der Waals surface area contributed by atoms with Crippen molar-refractivity contribution in [2.75, 3.05) is 24.7 Å². The van der Waals surface area contributed by atoms with Gasteiger partial charge in [0.05, 0.1) is 17.8 Å². The number of ether oxygens (including phenoxy) is 1. The van der Waals surface area contributed by atoms with Gasteiger partial charge in [0.25, 0.3) is 0 Å². The molecule has 0 radical (unpaired) electrons. The van der Waals surface area contributed by atoms with Crippen LogP contribution in [0.1, 0.15) is 21.5 Å². The van der Waals surface area contributed by atoms with Gasteiger partial charge in [0.1, 0.15) is 19.0 Å². The quantitative estimate of drug-likeness (QED) is 0.859. The van der Waals surface area contributed by atoms with Crippen LogP contribution < -0.4 is 9.64 Å². The van der Waals surface area contributed by atoms with Gasteiger partial charge in [0.15, 0.2) is 5.78 Å². The minimum absolute atomic E-state index is 0.365. The molecule has 0 spiro atoms. The Morgan fingerprint density at radius 2 is 1.88 bits per heavy atom. The Morgan fingerprint density at radius 1 is 1.16 bits per heavy atom. The Bertz CT molecular complexity index is 772. The second-order valence-corrected chi connectivity index (χ2v) is 5.73. The molecule has 1 N–H and O–H groups in total. The van der Waals surface area contributed by atoms with Gasteiger partial charge in [-0.1, -0.05) is 12.1 Å². The van der Waals surface area contributed by atoms with Crippen molar-refractivity contribution in [3.8, 4) is 5.75 Å². The Kier molecular flexibility index (Phi) is 4.67. The molecular formula is C18H16F3NO3. The van der Waals surface area contributed by atoms with E-state index in [4.69, 9.17) is 9.84 Å². The summed E-state index contributed by atoms with van der Waals surface area (Å²) in [6.07, 6.45) is -4.36. The molecule has 3 rings (SSSR count). The molecule has 0 aliphatic carbocycles. The molecular weight excluding hydrogens is 335 g/mol. The van der Waals surface area contributed by atoms with Gasteiger partial charge in [0.2, 0.25) is 0 Å². The highest BCUT2D eigenvalue weighted by Crippen LogP contribution is 2.34. The summed E-state index contributed by atoms with van der Waals surface area (Å²) in [5, 5.41) is 9.00. The van der Waals surface area contributed by atoms with Crippen molar-refractivity contribution >= 4 is 11.5 Å². The summed E-state index contributed by atoms with van der Waals surface area (Å²) in [7, 11) is 0. The summed E-state index contributed by atoms with van der Waals surface area (Å²) in [5.41, 5.74) is 1.09. The highest BCUT2D eigenvalue weighted by atomic mass is 19.4. The minimum Gasteiger partial charge on any atom is -0.490 e. The molecule has 1 heterocycles. The standard InChI is InChI=1S/C18H16F3NO3/c19-18(20,21)14-4-1-12(2-5-14)10-22-7-8-25-17-6-3-13(9-15(17)22)16(24)11-23/h1-6,9,23H,7-8,10-11H2. The van der Waals surface area contributed by atoms with Crippen molar-refractivity contribution < 1.29 is 27.8 Å². The van der Waals surface area contributed by atoms with E-state index in [1.165, 1.54) is 12.1 Å². The van der Waals surface area contributed by atoms with E-state index in [-0.39, 0.29) is 0 Å². The summed E-state index contributed by atoms with van der Waals surface area (Å²) in [5.74, 6) is 0.204. The molecule has 0 fully saturated rings. The second kappa shape index (κ2) is 6.76. The predicted octanol–water partition coefficient (Wildman–Crippen LogP) is 3.28. The second-order valence-electron chi connectivity index (χ2n) is 5.73. The van der Waals surface area contributed by atoms with Gasteiger partial charge in [-0.2, -0.15) is 13.2 Å². The van der Waals surface area contributed by atoms with E-state index in [0.717, 1.165) is 17.7 Å². The Balaban J connectivity index is 1.84. The van der Waals surface area contributed by atoms with Crippen molar-refractivity contribution in [1.82, 2.24) is 0 Å². The van der Waals surface area contributed by atoms with Crippen LogP contribution in [0.5, 0.6) is 5.75 Å². The summed E-state index contributed by atoms with van der Waals surface area (Å²) in [6.45, 7) is 0.801. The molecule has 0 atom stereocenters. The van der Waals surface area contributed by atoms with Gasteiger partial charge in [-0.3, -0.25) is 4.79 Å². The van der Waals surface area contributed by atoms with Crippen LogP contribution in [0, 0.1) is 0 Å². The number of aliphatic hydroxyl groups excluding tert-OH is 1. The Labute approximate surface area is 142 Å². The van der Waals surface area contributed by atoms with Crippen LogP contribution in [0.25, 0.3) is 0 Å². The lowest BCUT2D eigenvalue weighted by Crippen LogP contribution is -2.32. The van der Waals surface area contributed by atoms with Crippen LogP contribution >= 0.6 is 0 Å². The Hall–Kier alpha value is -2.54. The lowest BCUT2D eigenvalue weighted by Gasteiger charge is -2.31. The molecule has 0 amide bonds. The first-order valence-corrected chi connectivity index (χ1v) is 7.70. The normalized spacial score (nSPS) is 14.0. The number of carbonyl (C=O) groups excluding carboxylic acids is 1. The van der Waals surface area contributed by atoms with Crippen molar-refractivity contribution in [1.29, 1.82) is 0 Å². The molecule has 1 aliphatic rings. The van der Waals surface area contributed by atoms with Crippen LogP contribution in [-0.2, 0) is 12.7 Å². The number of anilines is 1. The number of benzene rings is 2. The van der Waals surface area contributed by atoms with Crippen LogP contribution in [-0.4, -0.2) is 30.6 Å². The van der Waals surface area contributed by atoms with Gasteiger partial charge >= 0.3 is 6.18 Å². The van der Waals surface area contributed by atoms with Gasteiger partial charge in [-0.25, -0.2) is 0 Å². The molecule has 2 aromatic rings. The number of aliphatic hydroxyl groups is 1. The first-order valence-electron chi connectivity index (χ1n) is 7.70. The number of ketones is 1. The molecule has 0 bridgehead atoms. The van der Waals surface area contributed by atoms with E-state index in [0.29, 0.717) is 36.7 Å². The lowest BCUT2D eigenvalue weighted by atomic mass is 10.1. The number of hydrogen-bond donors (Lipinski definition) is 1. The largest absolute Gasteiger partial charge is 0.490 e. The van der Waals surface area contributed by atoms with E-state index in [9.17, 15) is 18.0 Å². The number of rotatable bonds is 4. The van der Waals surface area contributed by atoms with E-state index in [2.05, 4.69) is 0 Å². The number of nitrogens with zero attached hydrogens (tertiary/aromatic N) is 1. The molecule has 7 heteroatoms. The fraction of sp³-hybridized carbons (Fsp3) is 0.278. The first-order chi connectivity index (χ1) is 11.9. The van der Waals surface area contributed by atoms with Gasteiger partial charge in [-0.15, -0.1) is 0 Å². The molecule has 25 heavy (non-hydrogen) atoms. The minimum atomic E-state index is -4.36. The van der Waals surface area contributed by atoms with Crippen molar-refractivity contribution in [3.63, 3.8) is 0 Å². The molecule has 132 valence electrons. The molecule has 4 nitrogen and oxygen atoms in total. The number of carbonyl (C=O) groups is 1. The average molecular weight is 351 g/mol. The number of fused-ring (bicyclic) bond motifs is 1. The van der Waals surface area contributed by atoms with Crippen LogP contribution in [0.4, 0.5) is 18.9 Å². The first kappa shape index (κ1) is 17.3. The molecule has 0 unspecified atom stereocenters. The zero-order valence-electron chi connectivity index (χ0n) is 13.2. The summed E-state index contributed by atoms with van der Waals surface area (Å²) < 4.78 is 43.5. The van der Waals surface area contributed by atoms with E-state index in [1.807, 2.05) is 4.90 Å². The third-order valence-corrected chi connectivity index (χ3v) is 4.04. The highest BCUT2D eigenvalue weighted by Gasteiger charge is 2.30. The third kappa shape index (κ3) is 3.76. The maximum atomic E-state index is 12.6. The fourth-order valence-corrected chi connectivity index (χ4v) is 2.72. The fourth-order valence-electron chi connectivity index (χ4n) is 2.72. The van der Waals surface area contributed by atoms with Crippen molar-refractivity contribution in [2.45, 2.75) is 12.7 Å². The Morgan fingerprint density at radius 3 is 2.52 bits per heavy atom. The summed E-state index contributed by atoms with van der Waals surface area (Å²) in [6, 6.07) is 9.89. The monoisotopic (exact) mass is 351 g/mol. The number of Topliss-reactive ketones (excluding diaryl/α,β-unsaturated/α-hetero) is 1. The SMILES string of the molecule is O=C(CO)c1ccc2c(c1)N(Cc1ccc(C(F)(F)F)cc1)CCO2. The van der Waals surface area contributed by atoms with Gasteiger partial charge in [0, 0.05) is 12.1 Å². The van der Waals surface area contributed by atoms with E-state index < -0.39 is 24.1 Å². The highest BCUT2D eigenvalue weighted by molar-refractivity contribution is 5.98. The van der Waals surface area contributed by atoms with Crippen LogP contribution in [0.2, 0.25) is 0 Å².